The van der Waals surface area contributed by atoms with Gasteiger partial charge in [-0.1, -0.05) is 13.8 Å². The van der Waals surface area contributed by atoms with E-state index in [-0.39, 0.29) is 0 Å². The highest BCUT2D eigenvalue weighted by atomic mass is 28.3. The summed E-state index contributed by atoms with van der Waals surface area (Å²) in [5.74, 6) is 0.584. The van der Waals surface area contributed by atoms with E-state index in [4.69, 9.17) is 9.85 Å². The van der Waals surface area contributed by atoms with Crippen LogP contribution in [0.4, 0.5) is 0 Å². The van der Waals surface area contributed by atoms with E-state index in [1.54, 1.807) is 0 Å². The van der Waals surface area contributed by atoms with Crippen LogP contribution >= 0.6 is 0 Å². The Bertz CT molecular complexity index is 79.4. The summed E-state index contributed by atoms with van der Waals surface area (Å²) in [4.78, 5) is 0. The topological polar surface area (TPSA) is 35.2 Å². The number of hydrogen-bond donors (Lipinski definition) is 1. The Morgan fingerprint density at radius 1 is 1.56 bits per heavy atom. The molecule has 0 aliphatic rings. The van der Waals surface area contributed by atoms with E-state index >= 15 is 0 Å². The zero-order chi connectivity index (χ0) is 7.44. The zero-order valence-corrected chi connectivity index (χ0v) is 9.87. The largest absolute Gasteiger partial charge is 0.465 e. The molecule has 2 N–H and O–H groups in total. The van der Waals surface area contributed by atoms with Gasteiger partial charge in [-0.05, 0) is 12.5 Å². The van der Waals surface area contributed by atoms with Crippen LogP contribution in [0.3, 0.4) is 0 Å². The quantitative estimate of drug-likeness (QED) is 0.551. The van der Waals surface area contributed by atoms with E-state index in [1.165, 1.54) is 0 Å². The van der Waals surface area contributed by atoms with E-state index in [9.17, 15) is 0 Å². The summed E-state index contributed by atoms with van der Waals surface area (Å²) in [7, 11) is -0.146. The van der Waals surface area contributed by atoms with Gasteiger partial charge in [-0.25, -0.2) is 0 Å². The molecule has 2 atom stereocenters. The van der Waals surface area contributed by atoms with Crippen molar-refractivity contribution < 1.29 is 4.12 Å². The Labute approximate surface area is 62.0 Å². The Hall–Kier alpha value is 0.354. The molecule has 0 aromatic carbocycles. The van der Waals surface area contributed by atoms with E-state index < -0.39 is 9.04 Å². The molecule has 0 fully saturated rings. The predicted molar refractivity (Wildman–Crippen MR) is 46.9 cm³/mol. The highest BCUT2D eigenvalue weighted by Gasteiger charge is 2.16. The highest BCUT2D eigenvalue weighted by molar-refractivity contribution is 6.55. The SMILES string of the molecule is CC(C)C(N)[SiH](C)O[SiH3]. The van der Waals surface area contributed by atoms with Crippen LogP contribution in [0.5, 0.6) is 0 Å². The van der Waals surface area contributed by atoms with Crippen molar-refractivity contribution in [3.63, 3.8) is 0 Å². The molecule has 9 heavy (non-hydrogen) atoms. The molecule has 2 nitrogen and oxygen atoms in total. The van der Waals surface area contributed by atoms with Crippen molar-refractivity contribution in [3.05, 3.63) is 0 Å². The minimum atomic E-state index is -0.994. The maximum absolute atomic E-state index is 5.83. The second-order valence-corrected chi connectivity index (χ2v) is 6.83. The molecule has 0 amide bonds. The molecule has 0 aliphatic carbocycles. The van der Waals surface area contributed by atoms with Gasteiger partial charge in [0.25, 0.3) is 0 Å². The van der Waals surface area contributed by atoms with Gasteiger partial charge in [0.15, 0.2) is 9.04 Å². The summed E-state index contributed by atoms with van der Waals surface area (Å²) in [6.07, 6.45) is 0. The van der Waals surface area contributed by atoms with Gasteiger partial charge in [-0.3, -0.25) is 0 Å². The zero-order valence-electron chi connectivity index (χ0n) is 6.72. The van der Waals surface area contributed by atoms with Gasteiger partial charge in [0.1, 0.15) is 10.5 Å². The van der Waals surface area contributed by atoms with Crippen molar-refractivity contribution in [1.82, 2.24) is 0 Å². The minimum Gasteiger partial charge on any atom is -0.465 e. The highest BCUT2D eigenvalue weighted by Crippen LogP contribution is 2.01. The van der Waals surface area contributed by atoms with Gasteiger partial charge >= 0.3 is 0 Å². The molecule has 56 valence electrons. The molecular weight excluding hydrogens is 146 g/mol. The van der Waals surface area contributed by atoms with Crippen molar-refractivity contribution in [2.75, 3.05) is 0 Å². The van der Waals surface area contributed by atoms with Gasteiger partial charge in [0, 0.05) is 5.67 Å². The third-order valence-electron chi connectivity index (χ3n) is 1.68. The van der Waals surface area contributed by atoms with Crippen LogP contribution < -0.4 is 5.73 Å². The van der Waals surface area contributed by atoms with Crippen LogP contribution in [0.25, 0.3) is 0 Å². The first-order valence-corrected chi connectivity index (χ1v) is 6.49. The third kappa shape index (κ3) is 3.15. The first-order valence-electron chi connectivity index (χ1n) is 3.38. The Morgan fingerprint density at radius 2 is 2.00 bits per heavy atom. The van der Waals surface area contributed by atoms with E-state index in [0.29, 0.717) is 11.6 Å². The second kappa shape index (κ2) is 4.21. The summed E-state index contributed by atoms with van der Waals surface area (Å²) in [5, 5.41) is 0. The molecule has 0 heterocycles. The first-order chi connectivity index (χ1) is 4.09. The smallest absolute Gasteiger partial charge is 0.176 e. The van der Waals surface area contributed by atoms with Crippen molar-refractivity contribution in [1.29, 1.82) is 0 Å². The van der Waals surface area contributed by atoms with Crippen molar-refractivity contribution >= 4 is 19.5 Å². The molecule has 0 saturated carbocycles. The maximum atomic E-state index is 5.83. The number of rotatable bonds is 3. The summed E-state index contributed by atoms with van der Waals surface area (Å²) in [5.41, 5.74) is 6.17. The first kappa shape index (κ1) is 9.35. The van der Waals surface area contributed by atoms with Crippen LogP contribution in [0.15, 0.2) is 0 Å². The second-order valence-electron chi connectivity index (χ2n) is 2.76. The molecule has 2 unspecified atom stereocenters. The van der Waals surface area contributed by atoms with Crippen molar-refractivity contribution in [2.24, 2.45) is 11.7 Å². The molecule has 4 heteroatoms. The van der Waals surface area contributed by atoms with Gasteiger partial charge in [0.05, 0.1) is 0 Å². The van der Waals surface area contributed by atoms with Crippen LogP contribution in [0.2, 0.25) is 6.55 Å². The summed E-state index contributed by atoms with van der Waals surface area (Å²) >= 11 is 0. The molecule has 0 rings (SSSR count). The van der Waals surface area contributed by atoms with Crippen molar-refractivity contribution in [3.8, 4) is 0 Å². The van der Waals surface area contributed by atoms with Gasteiger partial charge < -0.3 is 9.85 Å². The molecule has 0 aromatic heterocycles. The van der Waals surface area contributed by atoms with Crippen LogP contribution in [-0.4, -0.2) is 25.2 Å². The van der Waals surface area contributed by atoms with Crippen molar-refractivity contribution in [2.45, 2.75) is 26.1 Å². The fourth-order valence-corrected chi connectivity index (χ4v) is 3.04. The molecule has 0 bridgehead atoms. The lowest BCUT2D eigenvalue weighted by Gasteiger charge is -2.20. The van der Waals surface area contributed by atoms with E-state index in [2.05, 4.69) is 20.4 Å². The van der Waals surface area contributed by atoms with Crippen LogP contribution in [0.1, 0.15) is 13.8 Å². The Morgan fingerprint density at radius 3 is 2.11 bits per heavy atom. The fraction of sp³-hybridized carbons (Fsp3) is 1.00. The van der Waals surface area contributed by atoms with E-state index in [0.717, 1.165) is 10.5 Å². The van der Waals surface area contributed by atoms with Crippen LogP contribution in [0, 0.1) is 5.92 Å². The molecule has 0 radical (unpaired) electrons. The van der Waals surface area contributed by atoms with Gasteiger partial charge in [-0.15, -0.1) is 0 Å². The lowest BCUT2D eigenvalue weighted by atomic mass is 10.2. The Balaban J connectivity index is 3.58. The maximum Gasteiger partial charge on any atom is 0.176 e. The number of hydrogen-bond acceptors (Lipinski definition) is 2. The standard InChI is InChI=1S/C5H17NOSi2/c1-4(2)5(6)9(3)7-8/h4-5,9H,6H2,1-3,8H3. The lowest BCUT2D eigenvalue weighted by molar-refractivity contribution is 0.531. The average Bonchev–Trinajstić information content (AvgIpc) is 1.84. The molecule has 0 aliphatic heterocycles. The summed E-state index contributed by atoms with van der Waals surface area (Å²) in [6, 6.07) is 0. The summed E-state index contributed by atoms with van der Waals surface area (Å²) in [6.45, 7) is 6.46. The third-order valence-corrected chi connectivity index (χ3v) is 6.51. The Kier molecular flexibility index (Phi) is 4.38. The predicted octanol–water partition coefficient (Wildman–Crippen LogP) is -0.841. The van der Waals surface area contributed by atoms with Gasteiger partial charge in [0.2, 0.25) is 0 Å². The van der Waals surface area contributed by atoms with Crippen LogP contribution in [-0.2, 0) is 4.12 Å². The minimum absolute atomic E-state index is 0.336. The van der Waals surface area contributed by atoms with Gasteiger partial charge in [-0.2, -0.15) is 0 Å². The molecule has 0 spiro atoms. The molecular formula is C5H17NOSi2. The average molecular weight is 163 g/mol. The fourth-order valence-electron chi connectivity index (χ4n) is 0.699. The number of nitrogens with two attached hydrogens (primary N) is 1. The molecule has 0 saturated heterocycles. The molecule has 0 aromatic rings. The van der Waals surface area contributed by atoms with E-state index in [1.807, 2.05) is 0 Å². The summed E-state index contributed by atoms with van der Waals surface area (Å²) < 4.78 is 5.33. The monoisotopic (exact) mass is 163 g/mol. The normalized spacial score (nSPS) is 18.3. The lowest BCUT2D eigenvalue weighted by Crippen LogP contribution is -2.42.